The topological polar surface area (TPSA) is 60.2 Å². The highest BCUT2D eigenvalue weighted by atomic mass is 32.2. The third-order valence-electron chi connectivity index (χ3n) is 4.21. The molecule has 4 rings (SSSR count). The Kier molecular flexibility index (Phi) is 4.34. The number of imidazole rings is 1. The van der Waals surface area contributed by atoms with Gasteiger partial charge in [-0.1, -0.05) is 26.0 Å². The summed E-state index contributed by atoms with van der Waals surface area (Å²) in [6.45, 7) is 3.92. The Labute approximate surface area is 154 Å². The summed E-state index contributed by atoms with van der Waals surface area (Å²) in [5.74, 6) is 0. The Balaban J connectivity index is 1.76. The van der Waals surface area contributed by atoms with Gasteiger partial charge in [-0.15, -0.1) is 0 Å². The summed E-state index contributed by atoms with van der Waals surface area (Å²) < 4.78 is 14.3. The van der Waals surface area contributed by atoms with E-state index in [1.54, 1.807) is 12.4 Å². The minimum atomic E-state index is -0.982. The highest BCUT2D eigenvalue weighted by molar-refractivity contribution is 7.85. The van der Waals surface area contributed by atoms with E-state index < -0.39 is 10.8 Å². The lowest BCUT2D eigenvalue weighted by Crippen LogP contribution is -2.05. The molecule has 0 saturated carbocycles. The zero-order valence-corrected chi connectivity index (χ0v) is 15.4. The van der Waals surface area contributed by atoms with Crippen molar-refractivity contribution in [3.8, 4) is 22.4 Å². The lowest BCUT2D eigenvalue weighted by Gasteiger charge is -2.08. The summed E-state index contributed by atoms with van der Waals surface area (Å²) in [7, 11) is -0.982. The van der Waals surface area contributed by atoms with Crippen LogP contribution in [0.1, 0.15) is 13.8 Å². The van der Waals surface area contributed by atoms with Gasteiger partial charge in [-0.2, -0.15) is 0 Å². The predicted molar refractivity (Wildman–Crippen MR) is 103 cm³/mol. The number of aromatic nitrogens is 4. The second-order valence-corrected chi connectivity index (χ2v) is 8.30. The van der Waals surface area contributed by atoms with Gasteiger partial charge >= 0.3 is 0 Å². The molecule has 0 saturated heterocycles. The third-order valence-corrected chi connectivity index (χ3v) is 5.80. The lowest BCUT2D eigenvalue weighted by atomic mass is 10.1. The van der Waals surface area contributed by atoms with Gasteiger partial charge in [0.1, 0.15) is 12.0 Å². The minimum Gasteiger partial charge on any atom is -0.299 e. The summed E-state index contributed by atoms with van der Waals surface area (Å²) in [4.78, 5) is 13.5. The van der Waals surface area contributed by atoms with Crippen molar-refractivity contribution in [3.63, 3.8) is 0 Å². The van der Waals surface area contributed by atoms with Crippen molar-refractivity contribution in [1.29, 1.82) is 0 Å². The first-order chi connectivity index (χ1) is 12.6. The van der Waals surface area contributed by atoms with E-state index in [-0.39, 0.29) is 5.25 Å². The first-order valence-electron chi connectivity index (χ1n) is 8.37. The summed E-state index contributed by atoms with van der Waals surface area (Å²) >= 11 is 0. The van der Waals surface area contributed by atoms with Crippen LogP contribution < -0.4 is 0 Å². The molecule has 130 valence electrons. The molecule has 0 aliphatic rings. The van der Waals surface area contributed by atoms with Crippen molar-refractivity contribution in [1.82, 2.24) is 19.4 Å². The van der Waals surface area contributed by atoms with E-state index >= 15 is 0 Å². The molecule has 3 aromatic heterocycles. The molecule has 0 N–H and O–H groups in total. The van der Waals surface area contributed by atoms with Crippen LogP contribution in [0.3, 0.4) is 0 Å². The zero-order valence-electron chi connectivity index (χ0n) is 14.5. The second kappa shape index (κ2) is 6.80. The molecule has 5 nitrogen and oxygen atoms in total. The van der Waals surface area contributed by atoms with Crippen LogP contribution in [-0.2, 0) is 10.8 Å². The van der Waals surface area contributed by atoms with E-state index in [2.05, 4.69) is 19.4 Å². The van der Waals surface area contributed by atoms with Crippen LogP contribution in [0.4, 0.5) is 0 Å². The van der Waals surface area contributed by atoms with Crippen molar-refractivity contribution in [3.05, 3.63) is 67.5 Å². The van der Waals surface area contributed by atoms with E-state index in [1.807, 2.05) is 62.6 Å². The molecule has 1 unspecified atom stereocenters. The molecular weight excluding hydrogens is 344 g/mol. The molecule has 0 spiro atoms. The largest absolute Gasteiger partial charge is 0.299 e. The molecule has 0 aliphatic heterocycles. The van der Waals surface area contributed by atoms with E-state index in [4.69, 9.17) is 0 Å². The Hall–Kier alpha value is -2.86. The summed E-state index contributed by atoms with van der Waals surface area (Å²) in [5.41, 5.74) is 4.87. The van der Waals surface area contributed by atoms with Crippen molar-refractivity contribution in [2.45, 2.75) is 24.0 Å². The van der Waals surface area contributed by atoms with Crippen LogP contribution >= 0.6 is 0 Å². The summed E-state index contributed by atoms with van der Waals surface area (Å²) in [6.07, 6.45) is 9.00. The molecule has 0 radical (unpaired) electrons. The van der Waals surface area contributed by atoms with E-state index in [9.17, 15) is 4.21 Å². The Morgan fingerprint density at radius 3 is 2.27 bits per heavy atom. The number of rotatable bonds is 4. The number of fused-ring (bicyclic) bond motifs is 1. The van der Waals surface area contributed by atoms with Crippen LogP contribution in [0.2, 0.25) is 0 Å². The summed E-state index contributed by atoms with van der Waals surface area (Å²) in [6, 6.07) is 11.8. The fraction of sp³-hybridized carbons (Fsp3) is 0.150. The first-order valence-corrected chi connectivity index (χ1v) is 9.58. The Morgan fingerprint density at radius 2 is 1.58 bits per heavy atom. The van der Waals surface area contributed by atoms with Crippen LogP contribution in [0.5, 0.6) is 0 Å². The molecule has 3 heterocycles. The molecule has 26 heavy (non-hydrogen) atoms. The van der Waals surface area contributed by atoms with Crippen molar-refractivity contribution >= 4 is 16.4 Å². The number of hydrogen-bond donors (Lipinski definition) is 0. The molecule has 1 aromatic carbocycles. The van der Waals surface area contributed by atoms with E-state index in [1.165, 1.54) is 6.33 Å². The second-order valence-electron chi connectivity index (χ2n) is 6.29. The Bertz CT molecular complexity index is 1070. The average Bonchev–Trinajstić information content (AvgIpc) is 3.11. The smallest absolute Gasteiger partial charge is 0.137 e. The number of pyridine rings is 1. The van der Waals surface area contributed by atoms with Crippen molar-refractivity contribution < 1.29 is 4.21 Å². The van der Waals surface area contributed by atoms with Crippen LogP contribution in [0.25, 0.3) is 28.0 Å². The van der Waals surface area contributed by atoms with Crippen molar-refractivity contribution in [2.24, 2.45) is 0 Å². The SMILES string of the molecule is CC(C)S(=O)c1ccc(-c2cnc3ccc(-c4cncnc4)cn23)cc1. The van der Waals surface area contributed by atoms with E-state index in [0.717, 1.165) is 32.9 Å². The number of nitrogens with zero attached hydrogens (tertiary/aromatic N) is 4. The van der Waals surface area contributed by atoms with Gasteiger partial charge in [-0.25, -0.2) is 15.0 Å². The van der Waals surface area contributed by atoms with Crippen LogP contribution in [0, 0.1) is 0 Å². The highest BCUT2D eigenvalue weighted by Crippen LogP contribution is 2.25. The quantitative estimate of drug-likeness (QED) is 0.551. The van der Waals surface area contributed by atoms with Gasteiger partial charge in [0.2, 0.25) is 0 Å². The van der Waals surface area contributed by atoms with Gasteiger partial charge in [-0.05, 0) is 24.3 Å². The fourth-order valence-corrected chi connectivity index (χ4v) is 3.79. The highest BCUT2D eigenvalue weighted by Gasteiger charge is 2.11. The van der Waals surface area contributed by atoms with E-state index in [0.29, 0.717) is 0 Å². The lowest BCUT2D eigenvalue weighted by molar-refractivity contribution is 0.677. The van der Waals surface area contributed by atoms with Gasteiger partial charge in [0.05, 0.1) is 22.7 Å². The standard InChI is InChI=1S/C20H18N4OS/c1-14(2)26(25)18-6-3-15(4-7-18)19-11-23-20-8-5-16(12-24(19)20)17-9-21-13-22-10-17/h3-14H,1-2H3. The van der Waals surface area contributed by atoms with Gasteiger partial charge in [0, 0.05) is 45.4 Å². The van der Waals surface area contributed by atoms with Gasteiger partial charge in [0.15, 0.2) is 0 Å². The first kappa shape index (κ1) is 16.6. The molecule has 0 bridgehead atoms. The van der Waals surface area contributed by atoms with Crippen LogP contribution in [0.15, 0.2) is 72.4 Å². The van der Waals surface area contributed by atoms with Crippen LogP contribution in [-0.4, -0.2) is 28.8 Å². The maximum absolute atomic E-state index is 12.2. The average molecular weight is 362 g/mol. The monoisotopic (exact) mass is 362 g/mol. The molecule has 1 atom stereocenters. The molecule has 6 heteroatoms. The number of hydrogen-bond acceptors (Lipinski definition) is 4. The molecule has 0 aliphatic carbocycles. The zero-order chi connectivity index (χ0) is 18.1. The molecule has 0 amide bonds. The normalized spacial score (nSPS) is 12.6. The minimum absolute atomic E-state index is 0.104. The maximum Gasteiger partial charge on any atom is 0.137 e. The summed E-state index contributed by atoms with van der Waals surface area (Å²) in [5, 5.41) is 0.104. The van der Waals surface area contributed by atoms with Crippen molar-refractivity contribution in [2.75, 3.05) is 0 Å². The van der Waals surface area contributed by atoms with Gasteiger partial charge < -0.3 is 0 Å². The van der Waals surface area contributed by atoms with Gasteiger partial charge in [-0.3, -0.25) is 8.61 Å². The maximum atomic E-state index is 12.2. The van der Waals surface area contributed by atoms with Gasteiger partial charge in [0.25, 0.3) is 0 Å². The number of benzene rings is 1. The predicted octanol–water partition coefficient (Wildman–Crippen LogP) is 3.97. The Morgan fingerprint density at radius 1 is 0.885 bits per heavy atom. The molecular formula is C20H18N4OS. The third kappa shape index (κ3) is 3.04. The molecule has 0 fully saturated rings. The fourth-order valence-electron chi connectivity index (χ4n) is 2.85. The molecule has 4 aromatic rings.